The third-order valence-electron chi connectivity index (χ3n) is 3.80. The number of rotatable bonds is 2. The minimum Gasteiger partial charge on any atom is -0.256 e. The molecule has 0 N–H and O–H groups in total. The summed E-state index contributed by atoms with van der Waals surface area (Å²) in [6.07, 6.45) is 5.55. The molecule has 0 unspecified atom stereocenters. The van der Waals surface area contributed by atoms with Crippen LogP contribution in [0.1, 0.15) is 22.9 Å². The first kappa shape index (κ1) is 14.8. The summed E-state index contributed by atoms with van der Waals surface area (Å²) in [5.74, 6) is 0.632. The second-order valence-electron chi connectivity index (χ2n) is 5.60. The van der Waals surface area contributed by atoms with Gasteiger partial charge in [-0.05, 0) is 50.3 Å². The van der Waals surface area contributed by atoms with Crippen LogP contribution in [0.4, 0.5) is 0 Å². The molecule has 0 amide bonds. The molecule has 1 aromatic carbocycles. The van der Waals surface area contributed by atoms with Crippen LogP contribution in [0.3, 0.4) is 0 Å². The van der Waals surface area contributed by atoms with Gasteiger partial charge in [-0.15, -0.1) is 5.10 Å². The number of hydrogen-bond donors (Lipinski definition) is 0. The molecule has 118 valence electrons. The van der Waals surface area contributed by atoms with Crippen molar-refractivity contribution < 1.29 is 0 Å². The van der Waals surface area contributed by atoms with E-state index in [1.165, 1.54) is 0 Å². The topological polar surface area (TPSA) is 56.0 Å². The number of aromatic nitrogens is 5. The van der Waals surface area contributed by atoms with Crippen molar-refractivity contribution in [1.29, 1.82) is 0 Å². The first-order valence-corrected chi connectivity index (χ1v) is 7.91. The van der Waals surface area contributed by atoms with Crippen LogP contribution >= 0.6 is 11.6 Å². The van der Waals surface area contributed by atoms with E-state index in [0.717, 1.165) is 33.6 Å². The Labute approximate surface area is 143 Å². The highest BCUT2D eigenvalue weighted by Crippen LogP contribution is 2.19. The van der Waals surface area contributed by atoms with Crippen LogP contribution in [-0.4, -0.2) is 24.6 Å². The molecule has 3 aromatic heterocycles. The second kappa shape index (κ2) is 5.69. The number of aryl methyl sites for hydroxylation is 2. The van der Waals surface area contributed by atoms with Crippen LogP contribution in [-0.2, 0) is 0 Å². The SMILES string of the molecule is Cc1ncc(C)n2nc(C=Cc3ccc4cc(Cl)ccc4n3)nc12. The fourth-order valence-corrected chi connectivity index (χ4v) is 2.73. The second-order valence-corrected chi connectivity index (χ2v) is 6.03. The van der Waals surface area contributed by atoms with Gasteiger partial charge in [-0.1, -0.05) is 17.7 Å². The summed E-state index contributed by atoms with van der Waals surface area (Å²) >= 11 is 6.00. The molecule has 5 nitrogen and oxygen atoms in total. The number of pyridine rings is 1. The Hall–Kier alpha value is -2.79. The van der Waals surface area contributed by atoms with Crippen LogP contribution < -0.4 is 0 Å². The lowest BCUT2D eigenvalue weighted by Gasteiger charge is -1.99. The summed E-state index contributed by atoms with van der Waals surface area (Å²) in [7, 11) is 0. The van der Waals surface area contributed by atoms with Gasteiger partial charge in [0.25, 0.3) is 0 Å². The number of nitrogens with zero attached hydrogens (tertiary/aromatic N) is 5. The Balaban J connectivity index is 1.71. The molecule has 3 heterocycles. The van der Waals surface area contributed by atoms with Crippen molar-refractivity contribution in [2.45, 2.75) is 13.8 Å². The molecular weight excluding hydrogens is 322 g/mol. The molecule has 0 radical (unpaired) electrons. The largest absolute Gasteiger partial charge is 0.256 e. The Kier molecular flexibility index (Phi) is 3.50. The maximum absolute atomic E-state index is 6.00. The van der Waals surface area contributed by atoms with E-state index in [2.05, 4.69) is 20.1 Å². The van der Waals surface area contributed by atoms with Crippen LogP contribution in [0.25, 0.3) is 28.7 Å². The van der Waals surface area contributed by atoms with Gasteiger partial charge in [0.2, 0.25) is 0 Å². The van der Waals surface area contributed by atoms with E-state index in [-0.39, 0.29) is 0 Å². The standard InChI is InChI=1S/C18H14ClN5/c1-11-10-20-12(2)18-22-17(23-24(11)18)8-6-15-5-3-13-9-14(19)4-7-16(13)21-15/h3-10H,1-2H3. The molecule has 24 heavy (non-hydrogen) atoms. The molecule has 0 aliphatic carbocycles. The summed E-state index contributed by atoms with van der Waals surface area (Å²) in [6.45, 7) is 3.88. The molecule has 6 heteroatoms. The van der Waals surface area contributed by atoms with E-state index in [4.69, 9.17) is 11.6 Å². The first-order valence-electron chi connectivity index (χ1n) is 7.53. The summed E-state index contributed by atoms with van der Waals surface area (Å²) in [6, 6.07) is 9.61. The summed E-state index contributed by atoms with van der Waals surface area (Å²) in [5.41, 5.74) is 4.32. The van der Waals surface area contributed by atoms with Gasteiger partial charge in [-0.25, -0.2) is 14.5 Å². The van der Waals surface area contributed by atoms with Crippen molar-refractivity contribution in [3.8, 4) is 0 Å². The van der Waals surface area contributed by atoms with Gasteiger partial charge < -0.3 is 0 Å². The molecule has 0 atom stereocenters. The Bertz CT molecular complexity index is 1060. The predicted molar refractivity (Wildman–Crippen MR) is 95.9 cm³/mol. The molecular formula is C18H14ClN5. The quantitative estimate of drug-likeness (QED) is 0.553. The third kappa shape index (κ3) is 2.63. The van der Waals surface area contributed by atoms with Crippen LogP contribution in [0.5, 0.6) is 0 Å². The van der Waals surface area contributed by atoms with Crippen molar-refractivity contribution in [3.05, 3.63) is 64.5 Å². The molecule has 0 bridgehead atoms. The Morgan fingerprint density at radius 3 is 2.75 bits per heavy atom. The lowest BCUT2D eigenvalue weighted by molar-refractivity contribution is 0.884. The number of fused-ring (bicyclic) bond motifs is 2. The van der Waals surface area contributed by atoms with Gasteiger partial charge in [0.15, 0.2) is 11.5 Å². The first-order chi connectivity index (χ1) is 11.6. The van der Waals surface area contributed by atoms with E-state index in [0.29, 0.717) is 10.8 Å². The van der Waals surface area contributed by atoms with Crippen molar-refractivity contribution in [1.82, 2.24) is 24.6 Å². The van der Waals surface area contributed by atoms with Crippen LogP contribution in [0.15, 0.2) is 36.5 Å². The molecule has 0 saturated carbocycles. The molecule has 0 aliphatic heterocycles. The average molecular weight is 336 g/mol. The molecule has 0 spiro atoms. The smallest absolute Gasteiger partial charge is 0.177 e. The van der Waals surface area contributed by atoms with Gasteiger partial charge in [0.05, 0.1) is 22.6 Å². The van der Waals surface area contributed by atoms with Gasteiger partial charge in [0.1, 0.15) is 0 Å². The maximum atomic E-state index is 6.00. The Morgan fingerprint density at radius 1 is 1.04 bits per heavy atom. The summed E-state index contributed by atoms with van der Waals surface area (Å²) in [5, 5.41) is 6.22. The zero-order valence-corrected chi connectivity index (χ0v) is 14.0. The van der Waals surface area contributed by atoms with E-state index in [9.17, 15) is 0 Å². The fraction of sp³-hybridized carbons (Fsp3) is 0.111. The third-order valence-corrected chi connectivity index (χ3v) is 4.04. The highest BCUT2D eigenvalue weighted by molar-refractivity contribution is 6.31. The lowest BCUT2D eigenvalue weighted by atomic mass is 10.2. The van der Waals surface area contributed by atoms with Crippen molar-refractivity contribution in [2.75, 3.05) is 0 Å². The molecule has 4 aromatic rings. The van der Waals surface area contributed by atoms with Gasteiger partial charge in [-0.3, -0.25) is 4.98 Å². The number of benzene rings is 1. The zero-order chi connectivity index (χ0) is 16.7. The highest BCUT2D eigenvalue weighted by Gasteiger charge is 2.06. The zero-order valence-electron chi connectivity index (χ0n) is 13.2. The maximum Gasteiger partial charge on any atom is 0.177 e. The van der Waals surface area contributed by atoms with Gasteiger partial charge in [0, 0.05) is 16.6 Å². The van der Waals surface area contributed by atoms with E-state index < -0.39 is 0 Å². The Morgan fingerprint density at radius 2 is 1.92 bits per heavy atom. The highest BCUT2D eigenvalue weighted by atomic mass is 35.5. The molecule has 0 aliphatic rings. The minimum absolute atomic E-state index is 0.632. The normalized spacial score (nSPS) is 11.8. The lowest BCUT2D eigenvalue weighted by Crippen LogP contribution is -1.97. The minimum atomic E-state index is 0.632. The van der Waals surface area contributed by atoms with Crippen molar-refractivity contribution in [2.24, 2.45) is 0 Å². The number of hydrogen-bond acceptors (Lipinski definition) is 4. The molecule has 0 fully saturated rings. The monoisotopic (exact) mass is 335 g/mol. The van der Waals surface area contributed by atoms with E-state index in [1.807, 2.05) is 56.3 Å². The van der Waals surface area contributed by atoms with E-state index >= 15 is 0 Å². The molecule has 4 rings (SSSR count). The van der Waals surface area contributed by atoms with Crippen LogP contribution in [0, 0.1) is 13.8 Å². The summed E-state index contributed by atoms with van der Waals surface area (Å²) < 4.78 is 1.80. The van der Waals surface area contributed by atoms with Gasteiger partial charge in [-0.2, -0.15) is 0 Å². The molecule has 0 saturated heterocycles. The van der Waals surface area contributed by atoms with Gasteiger partial charge >= 0.3 is 0 Å². The van der Waals surface area contributed by atoms with Crippen molar-refractivity contribution >= 4 is 40.3 Å². The van der Waals surface area contributed by atoms with E-state index in [1.54, 1.807) is 10.7 Å². The fourth-order valence-electron chi connectivity index (χ4n) is 2.55. The van der Waals surface area contributed by atoms with Crippen molar-refractivity contribution in [3.63, 3.8) is 0 Å². The predicted octanol–water partition coefficient (Wildman–Crippen LogP) is 4.11. The number of halogens is 1. The van der Waals surface area contributed by atoms with Crippen LogP contribution in [0.2, 0.25) is 5.02 Å². The summed E-state index contributed by atoms with van der Waals surface area (Å²) in [4.78, 5) is 13.4. The average Bonchev–Trinajstić information content (AvgIpc) is 3.02.